The summed E-state index contributed by atoms with van der Waals surface area (Å²) in [4.78, 5) is 41.4. The minimum atomic E-state index is -1.19. The molecule has 2 heterocycles. The summed E-state index contributed by atoms with van der Waals surface area (Å²) < 4.78 is 0. The van der Waals surface area contributed by atoms with Crippen LogP contribution in [0.25, 0.3) is 0 Å². The number of hydrogen-bond acceptors (Lipinski definition) is 4. The number of rotatable bonds is 4. The molecule has 2 amide bonds. The second kappa shape index (κ2) is 4.36. The minimum Gasteiger partial charge on any atom is -0.480 e. The Labute approximate surface area is 96.4 Å². The number of carboxylic acids is 1. The first-order valence-corrected chi connectivity index (χ1v) is 5.14. The Kier molecular flexibility index (Phi) is 2.90. The van der Waals surface area contributed by atoms with E-state index in [4.69, 9.17) is 5.11 Å². The molecule has 0 aromatic carbocycles. The second-order valence-corrected chi connectivity index (χ2v) is 3.79. The van der Waals surface area contributed by atoms with Gasteiger partial charge in [0.05, 0.1) is 6.33 Å². The van der Waals surface area contributed by atoms with Gasteiger partial charge in [-0.25, -0.2) is 9.78 Å². The summed E-state index contributed by atoms with van der Waals surface area (Å²) in [7, 11) is 0. The fraction of sp³-hybridized carbons (Fsp3) is 0.400. The molecule has 1 aromatic rings. The monoisotopic (exact) mass is 237 g/mol. The summed E-state index contributed by atoms with van der Waals surface area (Å²) in [5.74, 6) is -2.05. The Bertz CT molecular complexity index is 438. The highest BCUT2D eigenvalue weighted by atomic mass is 16.4. The molecule has 7 heteroatoms. The lowest BCUT2D eigenvalue weighted by atomic mass is 10.1. The first-order valence-electron chi connectivity index (χ1n) is 5.14. The average molecular weight is 237 g/mol. The summed E-state index contributed by atoms with van der Waals surface area (Å²) in [5.41, 5.74) is 0.574. The molecule has 1 aromatic heterocycles. The number of H-pyrrole nitrogens is 1. The zero-order valence-corrected chi connectivity index (χ0v) is 8.92. The van der Waals surface area contributed by atoms with E-state index in [1.165, 1.54) is 12.5 Å². The highest BCUT2D eigenvalue weighted by molar-refractivity contribution is 6.04. The average Bonchev–Trinajstić information content (AvgIpc) is 2.87. The van der Waals surface area contributed by atoms with Gasteiger partial charge in [-0.3, -0.25) is 14.5 Å². The van der Waals surface area contributed by atoms with Crippen LogP contribution in [0.5, 0.6) is 0 Å². The molecule has 2 rings (SSSR count). The predicted molar refractivity (Wildman–Crippen MR) is 54.8 cm³/mol. The predicted octanol–water partition coefficient (Wildman–Crippen LogP) is -0.446. The third-order valence-electron chi connectivity index (χ3n) is 2.65. The lowest BCUT2D eigenvalue weighted by Gasteiger charge is -2.21. The van der Waals surface area contributed by atoms with Gasteiger partial charge >= 0.3 is 5.97 Å². The van der Waals surface area contributed by atoms with E-state index in [9.17, 15) is 14.4 Å². The quantitative estimate of drug-likeness (QED) is 0.690. The van der Waals surface area contributed by atoms with Crippen molar-refractivity contribution in [3.63, 3.8) is 0 Å². The topological polar surface area (TPSA) is 103 Å². The van der Waals surface area contributed by atoms with E-state index in [1.807, 2.05) is 0 Å². The molecule has 1 fully saturated rings. The van der Waals surface area contributed by atoms with Crippen LogP contribution in [0.15, 0.2) is 12.5 Å². The first-order chi connectivity index (χ1) is 8.09. The van der Waals surface area contributed by atoms with Crippen LogP contribution in [0.3, 0.4) is 0 Å². The van der Waals surface area contributed by atoms with Gasteiger partial charge in [0.15, 0.2) is 0 Å². The summed E-state index contributed by atoms with van der Waals surface area (Å²) in [5, 5.41) is 9.09. The standard InChI is InChI=1S/C10H11N3O4/c14-8-1-2-9(15)13(8)7(10(16)17)3-6-4-11-5-12-6/h4-5,7H,1-3H2,(H,11,12)(H,16,17). The molecule has 0 saturated carbocycles. The fourth-order valence-electron chi connectivity index (χ4n) is 1.84. The number of imide groups is 1. The number of aromatic amines is 1. The van der Waals surface area contributed by atoms with Crippen molar-refractivity contribution in [3.8, 4) is 0 Å². The number of carbonyl (C=O) groups is 3. The lowest BCUT2D eigenvalue weighted by Crippen LogP contribution is -2.45. The van der Waals surface area contributed by atoms with Crippen molar-refractivity contribution < 1.29 is 19.5 Å². The van der Waals surface area contributed by atoms with E-state index in [0.29, 0.717) is 5.69 Å². The van der Waals surface area contributed by atoms with Crippen LogP contribution in [0, 0.1) is 0 Å². The molecule has 0 spiro atoms. The van der Waals surface area contributed by atoms with Crippen LogP contribution < -0.4 is 0 Å². The summed E-state index contributed by atoms with van der Waals surface area (Å²) >= 11 is 0. The zero-order chi connectivity index (χ0) is 12.4. The van der Waals surface area contributed by atoms with Crippen molar-refractivity contribution in [1.29, 1.82) is 0 Å². The van der Waals surface area contributed by atoms with Crippen molar-refractivity contribution in [2.24, 2.45) is 0 Å². The molecular weight excluding hydrogens is 226 g/mol. The minimum absolute atomic E-state index is 0.0484. The van der Waals surface area contributed by atoms with Gasteiger partial charge in [-0.1, -0.05) is 0 Å². The number of hydrogen-bond donors (Lipinski definition) is 2. The van der Waals surface area contributed by atoms with Gasteiger partial charge in [0.2, 0.25) is 11.8 Å². The van der Waals surface area contributed by atoms with Crippen LogP contribution in [-0.4, -0.2) is 43.8 Å². The molecule has 2 N–H and O–H groups in total. The van der Waals surface area contributed by atoms with Crippen molar-refractivity contribution >= 4 is 17.8 Å². The number of carbonyl (C=O) groups excluding carboxylic acids is 2. The Morgan fingerprint density at radius 1 is 1.47 bits per heavy atom. The van der Waals surface area contributed by atoms with Gasteiger partial charge in [-0.15, -0.1) is 0 Å². The maximum absolute atomic E-state index is 11.5. The smallest absolute Gasteiger partial charge is 0.327 e. The number of nitrogens with zero attached hydrogens (tertiary/aromatic N) is 2. The van der Waals surface area contributed by atoms with E-state index < -0.39 is 23.8 Å². The van der Waals surface area contributed by atoms with Gasteiger partial charge in [0.1, 0.15) is 6.04 Å². The number of aliphatic carboxylic acids is 1. The lowest BCUT2D eigenvalue weighted by molar-refractivity contribution is -0.154. The molecule has 90 valence electrons. The Hall–Kier alpha value is -2.18. The Balaban J connectivity index is 2.20. The molecule has 17 heavy (non-hydrogen) atoms. The molecule has 1 aliphatic heterocycles. The van der Waals surface area contributed by atoms with Crippen molar-refractivity contribution in [2.45, 2.75) is 25.3 Å². The second-order valence-electron chi connectivity index (χ2n) is 3.79. The molecule has 0 aliphatic carbocycles. The van der Waals surface area contributed by atoms with Crippen molar-refractivity contribution in [1.82, 2.24) is 14.9 Å². The highest BCUT2D eigenvalue weighted by Crippen LogP contribution is 2.18. The SMILES string of the molecule is O=C(O)C(Cc1cnc[nH]1)N1C(=O)CCC1=O. The normalized spacial score (nSPS) is 17.5. The van der Waals surface area contributed by atoms with Gasteiger partial charge < -0.3 is 10.1 Å². The molecule has 1 saturated heterocycles. The molecule has 1 unspecified atom stereocenters. The molecule has 1 aliphatic rings. The largest absolute Gasteiger partial charge is 0.480 e. The summed E-state index contributed by atoms with van der Waals surface area (Å²) in [6.45, 7) is 0. The van der Waals surface area contributed by atoms with Crippen LogP contribution in [-0.2, 0) is 20.8 Å². The Morgan fingerprint density at radius 2 is 2.12 bits per heavy atom. The van der Waals surface area contributed by atoms with Gasteiger partial charge in [-0.05, 0) is 0 Å². The Morgan fingerprint density at radius 3 is 2.59 bits per heavy atom. The van der Waals surface area contributed by atoms with Gasteiger partial charge in [0.25, 0.3) is 0 Å². The number of likely N-dealkylation sites (tertiary alicyclic amines) is 1. The highest BCUT2D eigenvalue weighted by Gasteiger charge is 2.38. The third kappa shape index (κ3) is 2.17. The zero-order valence-electron chi connectivity index (χ0n) is 8.92. The van der Waals surface area contributed by atoms with Crippen LogP contribution in [0.4, 0.5) is 0 Å². The number of carboxylic acid groups (broad SMARTS) is 1. The van der Waals surface area contributed by atoms with E-state index in [1.54, 1.807) is 0 Å². The number of aromatic nitrogens is 2. The van der Waals surface area contributed by atoms with E-state index >= 15 is 0 Å². The van der Waals surface area contributed by atoms with Crippen LogP contribution >= 0.6 is 0 Å². The van der Waals surface area contributed by atoms with Crippen molar-refractivity contribution in [2.75, 3.05) is 0 Å². The van der Waals surface area contributed by atoms with E-state index in [2.05, 4.69) is 9.97 Å². The molecular formula is C10H11N3O4. The number of nitrogens with one attached hydrogen (secondary N) is 1. The number of amides is 2. The maximum atomic E-state index is 11.5. The molecule has 0 radical (unpaired) electrons. The first kappa shape index (κ1) is 11.3. The fourth-order valence-corrected chi connectivity index (χ4v) is 1.84. The third-order valence-corrected chi connectivity index (χ3v) is 2.65. The molecule has 0 bridgehead atoms. The van der Waals surface area contributed by atoms with Crippen molar-refractivity contribution in [3.05, 3.63) is 18.2 Å². The molecule has 7 nitrogen and oxygen atoms in total. The van der Waals surface area contributed by atoms with Gasteiger partial charge in [-0.2, -0.15) is 0 Å². The van der Waals surface area contributed by atoms with Crippen LogP contribution in [0.1, 0.15) is 18.5 Å². The summed E-state index contributed by atoms with van der Waals surface area (Å²) in [6, 6.07) is -1.15. The number of imidazole rings is 1. The molecule has 1 atom stereocenters. The maximum Gasteiger partial charge on any atom is 0.327 e. The van der Waals surface area contributed by atoms with Gasteiger partial charge in [0, 0.05) is 31.2 Å². The van der Waals surface area contributed by atoms with Crippen LogP contribution in [0.2, 0.25) is 0 Å². The van der Waals surface area contributed by atoms with E-state index in [-0.39, 0.29) is 19.3 Å². The van der Waals surface area contributed by atoms with E-state index in [0.717, 1.165) is 4.90 Å². The summed E-state index contributed by atoms with van der Waals surface area (Å²) in [6.07, 6.45) is 3.12.